The normalized spacial score (nSPS) is 10.7. The van der Waals surface area contributed by atoms with E-state index in [0.717, 1.165) is 26.0 Å². The fraction of sp³-hybridized carbons (Fsp3) is 0.909. The number of ether oxygens (including phenoxy) is 2. The van der Waals surface area contributed by atoms with E-state index < -0.39 is 0 Å². The first-order chi connectivity index (χ1) is 7.16. The molecule has 0 saturated heterocycles. The molecule has 0 aromatic heterocycles. The van der Waals surface area contributed by atoms with Crippen molar-refractivity contribution in [2.75, 3.05) is 26.9 Å². The second kappa shape index (κ2) is 9.93. The van der Waals surface area contributed by atoms with Crippen molar-refractivity contribution in [3.05, 3.63) is 0 Å². The molecule has 0 bridgehead atoms. The Balaban J connectivity index is 3.02. The van der Waals surface area contributed by atoms with Crippen molar-refractivity contribution in [2.24, 2.45) is 0 Å². The van der Waals surface area contributed by atoms with Gasteiger partial charge in [-0.3, -0.25) is 4.79 Å². The molecule has 0 spiro atoms. The maximum Gasteiger partial charge on any atom is 0.305 e. The molecule has 0 rings (SSSR count). The van der Waals surface area contributed by atoms with Gasteiger partial charge in [0.15, 0.2) is 0 Å². The lowest BCUT2D eigenvalue weighted by Crippen LogP contribution is -2.24. The van der Waals surface area contributed by atoms with E-state index in [0.29, 0.717) is 19.1 Å². The van der Waals surface area contributed by atoms with E-state index in [1.807, 2.05) is 0 Å². The maximum absolute atomic E-state index is 10.7. The van der Waals surface area contributed by atoms with Gasteiger partial charge in [-0.15, -0.1) is 0 Å². The number of methoxy groups -OCH3 is 1. The highest BCUT2D eigenvalue weighted by Crippen LogP contribution is 1.93. The number of carbonyl (C=O) groups is 1. The largest absolute Gasteiger partial charge is 0.469 e. The molecule has 0 aliphatic heterocycles. The number of nitrogens with one attached hydrogen (secondary N) is 1. The van der Waals surface area contributed by atoms with Gasteiger partial charge in [0, 0.05) is 25.7 Å². The first-order valence-corrected chi connectivity index (χ1v) is 5.54. The van der Waals surface area contributed by atoms with Gasteiger partial charge in [-0.2, -0.15) is 0 Å². The molecular formula is C11H23NO3. The van der Waals surface area contributed by atoms with E-state index in [2.05, 4.69) is 23.9 Å². The summed E-state index contributed by atoms with van der Waals surface area (Å²) in [4.78, 5) is 10.7. The third-order valence-corrected chi connectivity index (χ3v) is 1.92. The van der Waals surface area contributed by atoms with Crippen molar-refractivity contribution in [3.8, 4) is 0 Å². The van der Waals surface area contributed by atoms with Crippen molar-refractivity contribution >= 4 is 5.97 Å². The van der Waals surface area contributed by atoms with Gasteiger partial charge < -0.3 is 14.8 Å². The monoisotopic (exact) mass is 217 g/mol. The van der Waals surface area contributed by atoms with Gasteiger partial charge in [-0.1, -0.05) is 13.8 Å². The molecule has 0 aliphatic carbocycles. The summed E-state index contributed by atoms with van der Waals surface area (Å²) in [5, 5.41) is 3.31. The molecule has 15 heavy (non-hydrogen) atoms. The van der Waals surface area contributed by atoms with E-state index in [1.165, 1.54) is 7.11 Å². The molecule has 0 heterocycles. The molecule has 0 fully saturated rings. The predicted octanol–water partition coefficient (Wildman–Crippen LogP) is 1.34. The summed E-state index contributed by atoms with van der Waals surface area (Å²) in [6, 6.07) is 0.532. The van der Waals surface area contributed by atoms with Crippen LogP contribution >= 0.6 is 0 Å². The van der Waals surface area contributed by atoms with Crippen LogP contribution in [0.25, 0.3) is 0 Å². The average Bonchev–Trinajstić information content (AvgIpc) is 2.21. The van der Waals surface area contributed by atoms with Gasteiger partial charge >= 0.3 is 5.97 Å². The minimum atomic E-state index is -0.167. The van der Waals surface area contributed by atoms with Gasteiger partial charge in [-0.05, 0) is 19.4 Å². The minimum absolute atomic E-state index is 0.167. The van der Waals surface area contributed by atoms with Crippen molar-refractivity contribution in [3.63, 3.8) is 0 Å². The summed E-state index contributed by atoms with van der Waals surface area (Å²) in [5.41, 5.74) is 0. The number of hydrogen-bond acceptors (Lipinski definition) is 4. The molecule has 0 radical (unpaired) electrons. The van der Waals surface area contributed by atoms with Crippen LogP contribution in [-0.4, -0.2) is 38.9 Å². The standard InChI is InChI=1S/C11H23NO3/c1-10(2)12-7-5-9-15-8-4-6-11(13)14-3/h10,12H,4-9H2,1-3H3. The van der Waals surface area contributed by atoms with Gasteiger partial charge in [0.1, 0.15) is 0 Å². The zero-order valence-corrected chi connectivity index (χ0v) is 10.0. The molecule has 4 nitrogen and oxygen atoms in total. The second-order valence-electron chi connectivity index (χ2n) is 3.75. The molecule has 0 amide bonds. The zero-order valence-electron chi connectivity index (χ0n) is 10.0. The van der Waals surface area contributed by atoms with Crippen molar-refractivity contribution < 1.29 is 14.3 Å². The summed E-state index contributed by atoms with van der Waals surface area (Å²) < 4.78 is 9.88. The SMILES string of the molecule is COC(=O)CCCOCCCNC(C)C. The Kier molecular flexibility index (Phi) is 9.52. The van der Waals surface area contributed by atoms with E-state index in [9.17, 15) is 4.79 Å². The van der Waals surface area contributed by atoms with Crippen molar-refractivity contribution in [2.45, 2.75) is 39.2 Å². The average molecular weight is 217 g/mol. The van der Waals surface area contributed by atoms with E-state index in [-0.39, 0.29) is 5.97 Å². The zero-order chi connectivity index (χ0) is 11.5. The quantitative estimate of drug-likeness (QED) is 0.468. The van der Waals surface area contributed by atoms with Crippen LogP contribution in [-0.2, 0) is 14.3 Å². The molecule has 0 atom stereocenters. The van der Waals surface area contributed by atoms with Crippen LogP contribution in [0.3, 0.4) is 0 Å². The summed E-state index contributed by atoms with van der Waals surface area (Å²) >= 11 is 0. The van der Waals surface area contributed by atoms with E-state index in [4.69, 9.17) is 4.74 Å². The molecule has 90 valence electrons. The minimum Gasteiger partial charge on any atom is -0.469 e. The molecule has 4 heteroatoms. The number of rotatable bonds is 9. The lowest BCUT2D eigenvalue weighted by atomic mass is 10.3. The Hall–Kier alpha value is -0.610. The summed E-state index contributed by atoms with van der Waals surface area (Å²) in [5.74, 6) is -0.167. The molecule has 0 saturated carbocycles. The van der Waals surface area contributed by atoms with Crippen molar-refractivity contribution in [1.29, 1.82) is 0 Å². The number of carbonyl (C=O) groups excluding carboxylic acids is 1. The molecule has 0 aromatic rings. The highest BCUT2D eigenvalue weighted by atomic mass is 16.5. The second-order valence-corrected chi connectivity index (χ2v) is 3.75. The van der Waals surface area contributed by atoms with Crippen LogP contribution in [0.2, 0.25) is 0 Å². The summed E-state index contributed by atoms with van der Waals surface area (Å²) in [6.45, 7) is 6.61. The highest BCUT2D eigenvalue weighted by Gasteiger charge is 1.98. The first kappa shape index (κ1) is 14.4. The Morgan fingerprint density at radius 1 is 1.27 bits per heavy atom. The van der Waals surface area contributed by atoms with Crippen LogP contribution in [0, 0.1) is 0 Å². The fourth-order valence-electron chi connectivity index (χ4n) is 1.09. The van der Waals surface area contributed by atoms with Gasteiger partial charge in [0.05, 0.1) is 7.11 Å². The fourth-order valence-corrected chi connectivity index (χ4v) is 1.09. The molecule has 0 aliphatic rings. The van der Waals surface area contributed by atoms with Gasteiger partial charge in [0.25, 0.3) is 0 Å². The first-order valence-electron chi connectivity index (χ1n) is 5.54. The van der Waals surface area contributed by atoms with Gasteiger partial charge in [-0.25, -0.2) is 0 Å². The highest BCUT2D eigenvalue weighted by molar-refractivity contribution is 5.68. The molecule has 0 aromatic carbocycles. The third-order valence-electron chi connectivity index (χ3n) is 1.92. The molecule has 0 unspecified atom stereocenters. The molecule has 1 N–H and O–H groups in total. The number of esters is 1. The Bertz CT molecular complexity index is 160. The van der Waals surface area contributed by atoms with Crippen LogP contribution in [0.15, 0.2) is 0 Å². The maximum atomic E-state index is 10.7. The Morgan fingerprint density at radius 2 is 1.93 bits per heavy atom. The lowest BCUT2D eigenvalue weighted by Gasteiger charge is -2.07. The van der Waals surface area contributed by atoms with Crippen LogP contribution in [0.1, 0.15) is 33.1 Å². The van der Waals surface area contributed by atoms with E-state index >= 15 is 0 Å². The smallest absolute Gasteiger partial charge is 0.305 e. The Labute approximate surface area is 92.3 Å². The van der Waals surface area contributed by atoms with Crippen molar-refractivity contribution in [1.82, 2.24) is 5.32 Å². The number of hydrogen-bond donors (Lipinski definition) is 1. The summed E-state index contributed by atoms with van der Waals surface area (Å²) in [7, 11) is 1.40. The lowest BCUT2D eigenvalue weighted by molar-refractivity contribution is -0.141. The molecular weight excluding hydrogens is 194 g/mol. The van der Waals surface area contributed by atoms with Crippen LogP contribution < -0.4 is 5.32 Å². The van der Waals surface area contributed by atoms with Crippen LogP contribution in [0.5, 0.6) is 0 Å². The van der Waals surface area contributed by atoms with Gasteiger partial charge in [0.2, 0.25) is 0 Å². The van der Waals surface area contributed by atoms with Crippen LogP contribution in [0.4, 0.5) is 0 Å². The topological polar surface area (TPSA) is 47.6 Å². The Morgan fingerprint density at radius 3 is 2.53 bits per heavy atom. The summed E-state index contributed by atoms with van der Waals surface area (Å²) in [6.07, 6.45) is 2.20. The predicted molar refractivity (Wildman–Crippen MR) is 59.8 cm³/mol. The van der Waals surface area contributed by atoms with E-state index in [1.54, 1.807) is 0 Å². The third kappa shape index (κ3) is 11.3.